The van der Waals surface area contributed by atoms with E-state index in [1.807, 2.05) is 25.9 Å². The van der Waals surface area contributed by atoms with E-state index >= 15 is 0 Å². The summed E-state index contributed by atoms with van der Waals surface area (Å²) in [7, 11) is 3.82. The Morgan fingerprint density at radius 2 is 1.82 bits per heavy atom. The number of carbonyl (C=O) groups is 4. The van der Waals surface area contributed by atoms with Crippen molar-refractivity contribution in [2.75, 3.05) is 46.8 Å². The molecule has 2 amide bonds. The van der Waals surface area contributed by atoms with Crippen LogP contribution in [-0.4, -0.2) is 103 Å². The lowest BCUT2D eigenvalue weighted by atomic mass is 9.90. The predicted molar refractivity (Wildman–Crippen MR) is 131 cm³/mol. The van der Waals surface area contributed by atoms with Crippen molar-refractivity contribution in [2.24, 2.45) is 11.8 Å². The fourth-order valence-corrected chi connectivity index (χ4v) is 3.51. The first-order valence-electron chi connectivity index (χ1n) is 12.0. The molecule has 3 N–H and O–H groups in total. The van der Waals surface area contributed by atoms with E-state index in [2.05, 4.69) is 10.3 Å². The summed E-state index contributed by atoms with van der Waals surface area (Å²) in [6.45, 7) is 6.04. The summed E-state index contributed by atoms with van der Waals surface area (Å²) in [5, 5.41) is 14.1. The third kappa shape index (κ3) is 11.0. The van der Waals surface area contributed by atoms with Gasteiger partial charge in [-0.15, -0.1) is 0 Å². The van der Waals surface area contributed by atoms with Gasteiger partial charge in [-0.1, -0.05) is 13.8 Å². The molecular formula is C24H36F3N5O6. The lowest BCUT2D eigenvalue weighted by Gasteiger charge is -2.27. The monoisotopic (exact) mass is 547 g/mol. The van der Waals surface area contributed by atoms with Crippen LogP contribution in [0.1, 0.15) is 36.8 Å². The topological polar surface area (TPSA) is 141 Å². The minimum absolute atomic E-state index is 0.0238. The molecule has 1 aromatic heterocycles. The van der Waals surface area contributed by atoms with E-state index < -0.39 is 48.5 Å². The number of carbonyl (C=O) groups excluding carboxylic acids is 3. The summed E-state index contributed by atoms with van der Waals surface area (Å²) in [5.41, 5.74) is 0.355. The third-order valence-corrected chi connectivity index (χ3v) is 5.57. The molecule has 0 aliphatic heterocycles. The number of ether oxygens (including phenoxy) is 1. The molecule has 0 saturated heterocycles. The van der Waals surface area contributed by atoms with E-state index in [9.17, 15) is 37.5 Å². The lowest BCUT2D eigenvalue weighted by molar-refractivity contribution is -0.174. The number of rotatable bonds is 15. The van der Waals surface area contributed by atoms with Gasteiger partial charge in [0.05, 0.1) is 30.3 Å². The summed E-state index contributed by atoms with van der Waals surface area (Å²) in [4.78, 5) is 55.9. The predicted octanol–water partition coefficient (Wildman–Crippen LogP) is 1.14. The zero-order chi connectivity index (χ0) is 29.0. The molecule has 0 fully saturated rings. The van der Waals surface area contributed by atoms with E-state index in [4.69, 9.17) is 4.74 Å². The van der Waals surface area contributed by atoms with Crippen LogP contribution in [0, 0.1) is 11.8 Å². The molecule has 0 aliphatic rings. The van der Waals surface area contributed by atoms with Gasteiger partial charge in [0.15, 0.2) is 0 Å². The van der Waals surface area contributed by atoms with E-state index in [0.29, 0.717) is 25.3 Å². The number of esters is 1. The number of aromatic nitrogens is 1. The minimum Gasteiger partial charge on any atom is -0.481 e. The Morgan fingerprint density at radius 3 is 2.34 bits per heavy atom. The van der Waals surface area contributed by atoms with Crippen LogP contribution >= 0.6 is 0 Å². The van der Waals surface area contributed by atoms with Crippen LogP contribution < -0.4 is 10.6 Å². The van der Waals surface area contributed by atoms with Gasteiger partial charge in [0, 0.05) is 32.4 Å². The highest BCUT2D eigenvalue weighted by molar-refractivity contribution is 5.90. The lowest BCUT2D eigenvalue weighted by Crippen LogP contribution is -2.47. The molecule has 1 aromatic rings. The average molecular weight is 548 g/mol. The number of pyridine rings is 1. The zero-order valence-corrected chi connectivity index (χ0v) is 22.2. The highest BCUT2D eigenvalue weighted by Gasteiger charge is 2.41. The maximum absolute atomic E-state index is 12.8. The fourth-order valence-electron chi connectivity index (χ4n) is 3.51. The van der Waals surface area contributed by atoms with Crippen molar-refractivity contribution in [1.29, 1.82) is 0 Å². The van der Waals surface area contributed by atoms with Crippen LogP contribution in [0.5, 0.6) is 0 Å². The van der Waals surface area contributed by atoms with Gasteiger partial charge in [-0.05, 0) is 39.1 Å². The molecule has 38 heavy (non-hydrogen) atoms. The number of aliphatic carboxylic acids is 1. The van der Waals surface area contributed by atoms with E-state index in [1.165, 1.54) is 32.2 Å². The molecule has 214 valence electrons. The molecular weight excluding hydrogens is 511 g/mol. The maximum Gasteiger partial charge on any atom is 0.471 e. The Morgan fingerprint density at radius 1 is 1.16 bits per heavy atom. The van der Waals surface area contributed by atoms with Crippen molar-refractivity contribution in [3.05, 3.63) is 29.6 Å². The van der Waals surface area contributed by atoms with Crippen molar-refractivity contribution in [1.82, 2.24) is 25.4 Å². The number of nitrogens with one attached hydrogen (secondary N) is 2. The number of likely N-dealkylation sites (N-methyl/N-ethyl adjacent to an activating group) is 2. The molecule has 0 bridgehead atoms. The van der Waals surface area contributed by atoms with Crippen molar-refractivity contribution < 1.29 is 42.2 Å². The molecule has 0 aliphatic carbocycles. The van der Waals surface area contributed by atoms with Gasteiger partial charge in [0.1, 0.15) is 6.10 Å². The number of carboxylic acids is 1. The van der Waals surface area contributed by atoms with Crippen molar-refractivity contribution in [3.8, 4) is 0 Å². The number of halogens is 3. The molecule has 2 unspecified atom stereocenters. The molecule has 0 spiro atoms. The van der Waals surface area contributed by atoms with E-state index in [1.54, 1.807) is 10.2 Å². The second-order valence-corrected chi connectivity index (χ2v) is 9.18. The number of carboxylic acid groups (broad SMARTS) is 1. The molecule has 2 atom stereocenters. The average Bonchev–Trinajstić information content (AvgIpc) is 2.81. The second-order valence-electron chi connectivity index (χ2n) is 9.18. The second kappa shape index (κ2) is 15.2. The van der Waals surface area contributed by atoms with Gasteiger partial charge in [-0.2, -0.15) is 13.2 Å². The molecule has 0 radical (unpaired) electrons. The van der Waals surface area contributed by atoms with Crippen LogP contribution in [0.4, 0.5) is 13.2 Å². The van der Waals surface area contributed by atoms with Crippen LogP contribution in [0.15, 0.2) is 18.3 Å². The smallest absolute Gasteiger partial charge is 0.471 e. The van der Waals surface area contributed by atoms with Gasteiger partial charge in [0.2, 0.25) is 5.91 Å². The summed E-state index contributed by atoms with van der Waals surface area (Å²) in [6, 6.07) is 2.66. The normalized spacial score (nSPS) is 13.2. The van der Waals surface area contributed by atoms with Crippen LogP contribution in [0.25, 0.3) is 0 Å². The molecule has 1 rings (SSSR count). The van der Waals surface area contributed by atoms with Crippen LogP contribution in [0.2, 0.25) is 0 Å². The third-order valence-electron chi connectivity index (χ3n) is 5.57. The highest BCUT2D eigenvalue weighted by Crippen LogP contribution is 2.21. The van der Waals surface area contributed by atoms with Gasteiger partial charge in [-0.25, -0.2) is 4.79 Å². The standard InChI is InChI=1S/C24H36F3N5O6/c1-6-32(10-9-31(4)5)19(33)14-28-12-17-11-16(7-8-29-17)22(36)38-18(20(15(2)3)21(34)35)13-30-23(37)24(25,26)27/h7-8,11,15,18,20,28H,6,9-10,12-14H2,1-5H3,(H,30,37)(H,34,35). The largest absolute Gasteiger partial charge is 0.481 e. The number of hydrogen-bond acceptors (Lipinski definition) is 8. The zero-order valence-electron chi connectivity index (χ0n) is 22.2. The number of hydrogen-bond donors (Lipinski definition) is 3. The van der Waals surface area contributed by atoms with Gasteiger partial charge in [-0.3, -0.25) is 19.4 Å². The molecule has 11 nitrogen and oxygen atoms in total. The number of amides is 2. The number of nitrogens with zero attached hydrogens (tertiary/aromatic N) is 3. The first kappa shape index (κ1) is 32.8. The number of alkyl halides is 3. The highest BCUT2D eigenvalue weighted by atomic mass is 19.4. The summed E-state index contributed by atoms with van der Waals surface area (Å²) < 4.78 is 43.1. The summed E-state index contributed by atoms with van der Waals surface area (Å²) >= 11 is 0. The van der Waals surface area contributed by atoms with Crippen LogP contribution in [0.3, 0.4) is 0 Å². The Balaban J connectivity index is 2.88. The Labute approximate surface area is 219 Å². The fraction of sp³-hybridized carbons (Fsp3) is 0.625. The van der Waals surface area contributed by atoms with Crippen molar-refractivity contribution in [3.63, 3.8) is 0 Å². The SMILES string of the molecule is CCN(CCN(C)C)C(=O)CNCc1cc(C(=O)OC(CNC(=O)C(F)(F)F)C(C(=O)O)C(C)C)ccn1. The van der Waals surface area contributed by atoms with E-state index in [-0.39, 0.29) is 24.6 Å². The molecule has 14 heteroatoms. The Hall–Kier alpha value is -3.26. The van der Waals surface area contributed by atoms with Crippen molar-refractivity contribution in [2.45, 2.75) is 39.6 Å². The van der Waals surface area contributed by atoms with Crippen LogP contribution in [-0.2, 0) is 25.7 Å². The molecule has 1 heterocycles. The first-order chi connectivity index (χ1) is 17.7. The maximum atomic E-state index is 12.8. The Kier molecular flexibility index (Phi) is 13.1. The van der Waals surface area contributed by atoms with Crippen molar-refractivity contribution >= 4 is 23.8 Å². The van der Waals surface area contributed by atoms with Gasteiger partial charge in [0.25, 0.3) is 0 Å². The van der Waals surface area contributed by atoms with Gasteiger partial charge >= 0.3 is 24.0 Å². The first-order valence-corrected chi connectivity index (χ1v) is 12.0. The minimum atomic E-state index is -5.18. The summed E-state index contributed by atoms with van der Waals surface area (Å²) in [6.07, 6.45) is -5.44. The summed E-state index contributed by atoms with van der Waals surface area (Å²) in [5.74, 6) is -6.78. The van der Waals surface area contributed by atoms with Gasteiger partial charge < -0.3 is 30.3 Å². The quantitative estimate of drug-likeness (QED) is 0.276. The van der Waals surface area contributed by atoms with E-state index in [0.717, 1.165) is 0 Å². The molecule has 0 saturated carbocycles. The molecule has 0 aromatic carbocycles. The Bertz CT molecular complexity index is 958.